The Hall–Kier alpha value is -2.87. The van der Waals surface area contributed by atoms with Crippen LogP contribution in [0.25, 0.3) is 0 Å². The van der Waals surface area contributed by atoms with Gasteiger partial charge in [-0.25, -0.2) is 4.79 Å². The zero-order valence-electron chi connectivity index (χ0n) is 15.4. The van der Waals surface area contributed by atoms with Gasteiger partial charge in [-0.3, -0.25) is 19.1 Å². The molecule has 3 atom stereocenters. The van der Waals surface area contributed by atoms with Crippen LogP contribution >= 0.6 is 0 Å². The average molecular weight is 374 g/mol. The van der Waals surface area contributed by atoms with Crippen molar-refractivity contribution in [3.8, 4) is 5.75 Å². The number of aromatic amines is 1. The maximum atomic E-state index is 12.2. The third-order valence-corrected chi connectivity index (χ3v) is 4.40. The maximum absolute atomic E-state index is 12.2. The van der Waals surface area contributed by atoms with E-state index in [4.69, 9.17) is 14.2 Å². The number of ether oxygens (including phenoxy) is 3. The van der Waals surface area contributed by atoms with Crippen molar-refractivity contribution in [1.29, 1.82) is 0 Å². The third-order valence-electron chi connectivity index (χ3n) is 4.40. The lowest BCUT2D eigenvalue weighted by Gasteiger charge is -2.19. The van der Waals surface area contributed by atoms with Gasteiger partial charge in [-0.05, 0) is 26.0 Å². The molecule has 8 heteroatoms. The van der Waals surface area contributed by atoms with Crippen LogP contribution in [-0.4, -0.2) is 34.3 Å². The molecule has 0 saturated carbocycles. The number of nitrogens with one attached hydrogen (secondary N) is 1. The predicted molar refractivity (Wildman–Crippen MR) is 96.8 cm³/mol. The largest absolute Gasteiger partial charge is 0.487 e. The lowest BCUT2D eigenvalue weighted by molar-refractivity contribution is -0.147. The van der Waals surface area contributed by atoms with Gasteiger partial charge in [0.25, 0.3) is 5.56 Å². The van der Waals surface area contributed by atoms with Crippen LogP contribution < -0.4 is 16.0 Å². The first-order valence-electron chi connectivity index (χ1n) is 8.67. The number of hydrogen-bond donors (Lipinski definition) is 1. The van der Waals surface area contributed by atoms with Gasteiger partial charge in [-0.2, -0.15) is 0 Å². The number of aryl methyl sites for hydroxylation is 2. The molecule has 8 nitrogen and oxygen atoms in total. The summed E-state index contributed by atoms with van der Waals surface area (Å²) < 4.78 is 18.3. The van der Waals surface area contributed by atoms with Crippen molar-refractivity contribution in [2.45, 2.75) is 45.6 Å². The molecule has 1 fully saturated rings. The molecule has 0 spiro atoms. The molecule has 0 amide bonds. The number of carbonyl (C=O) groups is 1. The van der Waals surface area contributed by atoms with Crippen LogP contribution in [0.1, 0.15) is 30.7 Å². The first-order valence-corrected chi connectivity index (χ1v) is 8.67. The van der Waals surface area contributed by atoms with Crippen LogP contribution in [0.2, 0.25) is 0 Å². The molecule has 1 aliphatic rings. The van der Waals surface area contributed by atoms with Gasteiger partial charge in [0.1, 0.15) is 30.8 Å². The maximum Gasteiger partial charge on any atom is 0.330 e. The predicted octanol–water partition coefficient (Wildman–Crippen LogP) is 1.45. The molecular formula is C19H22N2O6. The molecule has 0 aliphatic carbocycles. The summed E-state index contributed by atoms with van der Waals surface area (Å²) in [5.41, 5.74) is 0.517. The van der Waals surface area contributed by atoms with Crippen LogP contribution in [0.5, 0.6) is 5.75 Å². The molecule has 1 saturated heterocycles. The molecule has 2 aromatic rings. The van der Waals surface area contributed by atoms with Gasteiger partial charge in [0.15, 0.2) is 0 Å². The Balaban J connectivity index is 1.83. The highest BCUT2D eigenvalue weighted by Crippen LogP contribution is 2.31. The van der Waals surface area contributed by atoms with Gasteiger partial charge >= 0.3 is 11.7 Å². The second kappa shape index (κ2) is 7.79. The highest BCUT2D eigenvalue weighted by molar-refractivity contribution is 5.65. The number of aromatic nitrogens is 2. The smallest absolute Gasteiger partial charge is 0.330 e. The van der Waals surface area contributed by atoms with Crippen LogP contribution in [0.3, 0.4) is 0 Å². The number of H-pyrrole nitrogens is 1. The lowest BCUT2D eigenvalue weighted by atomic mass is 10.1. The van der Waals surface area contributed by atoms with Crippen molar-refractivity contribution in [2.24, 2.45) is 0 Å². The molecule has 0 bridgehead atoms. The number of nitrogens with zero attached hydrogens (tertiary/aromatic N) is 1. The fraction of sp³-hybridized carbons (Fsp3) is 0.421. The normalized spacial score (nSPS) is 21.8. The van der Waals surface area contributed by atoms with E-state index in [9.17, 15) is 14.4 Å². The van der Waals surface area contributed by atoms with E-state index in [0.717, 1.165) is 5.56 Å². The zero-order valence-corrected chi connectivity index (χ0v) is 15.4. The van der Waals surface area contributed by atoms with Crippen molar-refractivity contribution in [3.63, 3.8) is 0 Å². The fourth-order valence-corrected chi connectivity index (χ4v) is 2.94. The van der Waals surface area contributed by atoms with Gasteiger partial charge < -0.3 is 14.2 Å². The summed E-state index contributed by atoms with van der Waals surface area (Å²) in [6, 6.07) is 7.56. The van der Waals surface area contributed by atoms with Crippen LogP contribution in [0.4, 0.5) is 0 Å². The summed E-state index contributed by atoms with van der Waals surface area (Å²) in [5.74, 6) is 0.237. The highest BCUT2D eigenvalue weighted by Gasteiger charge is 2.39. The first-order chi connectivity index (χ1) is 12.8. The van der Waals surface area contributed by atoms with Gasteiger partial charge in [0.05, 0.1) is 0 Å². The SMILES string of the molecule is CC(=O)OC[C@H]1O[C@H](n2cc(C)c(=O)[nH]c2=O)C[C@@H]1Oc1ccc(C)cc1. The van der Waals surface area contributed by atoms with Crippen LogP contribution in [0.15, 0.2) is 40.1 Å². The minimum atomic E-state index is -0.635. The second-order valence-electron chi connectivity index (χ2n) is 6.62. The lowest BCUT2D eigenvalue weighted by Crippen LogP contribution is -2.33. The standard InChI is InChI=1S/C19H22N2O6/c1-11-4-6-14(7-5-11)26-15-8-17(27-16(15)10-25-13(3)22)21-9-12(2)18(23)20-19(21)24/h4-7,9,15-17H,8,10H2,1-3H3,(H,20,23,24)/t15-,16+,17-/m0/s1. The summed E-state index contributed by atoms with van der Waals surface area (Å²) in [6.45, 7) is 4.92. The molecule has 1 aliphatic heterocycles. The highest BCUT2D eigenvalue weighted by atomic mass is 16.6. The van der Waals surface area contributed by atoms with Gasteiger partial charge in [-0.15, -0.1) is 0 Å². The third kappa shape index (κ3) is 4.46. The second-order valence-corrected chi connectivity index (χ2v) is 6.62. The number of carbonyl (C=O) groups excluding carboxylic acids is 1. The Morgan fingerprint density at radius 3 is 2.63 bits per heavy atom. The van der Waals surface area contributed by atoms with Gasteiger partial charge in [-0.1, -0.05) is 17.7 Å². The monoisotopic (exact) mass is 374 g/mol. The number of esters is 1. The molecule has 1 aromatic carbocycles. The summed E-state index contributed by atoms with van der Waals surface area (Å²) in [7, 11) is 0. The number of benzene rings is 1. The quantitative estimate of drug-likeness (QED) is 0.796. The van der Waals surface area contributed by atoms with E-state index in [1.54, 1.807) is 6.92 Å². The first kappa shape index (κ1) is 18.9. The summed E-state index contributed by atoms with van der Waals surface area (Å²) >= 11 is 0. The Labute approximate surface area is 155 Å². The van der Waals surface area contributed by atoms with E-state index in [1.807, 2.05) is 31.2 Å². The molecule has 144 valence electrons. The molecule has 0 unspecified atom stereocenters. The minimum Gasteiger partial charge on any atom is -0.487 e. The zero-order chi connectivity index (χ0) is 19.6. The minimum absolute atomic E-state index is 0.0133. The van der Waals surface area contributed by atoms with Crippen molar-refractivity contribution in [3.05, 3.63) is 62.4 Å². The Morgan fingerprint density at radius 2 is 1.96 bits per heavy atom. The van der Waals surface area contributed by atoms with E-state index in [-0.39, 0.29) is 6.61 Å². The summed E-state index contributed by atoms with van der Waals surface area (Å²) in [4.78, 5) is 37.2. The van der Waals surface area contributed by atoms with E-state index >= 15 is 0 Å². The average Bonchev–Trinajstić information content (AvgIpc) is 3.01. The molecule has 2 heterocycles. The van der Waals surface area contributed by atoms with Crippen molar-refractivity contribution in [2.75, 3.05) is 6.61 Å². The van der Waals surface area contributed by atoms with E-state index in [2.05, 4.69) is 4.98 Å². The molecule has 1 N–H and O–H groups in total. The Kier molecular flexibility index (Phi) is 5.46. The molecular weight excluding hydrogens is 352 g/mol. The van der Waals surface area contributed by atoms with Crippen LogP contribution in [0, 0.1) is 13.8 Å². The van der Waals surface area contributed by atoms with E-state index < -0.39 is 35.7 Å². The van der Waals surface area contributed by atoms with Crippen molar-refractivity contribution >= 4 is 5.97 Å². The van der Waals surface area contributed by atoms with Crippen molar-refractivity contribution in [1.82, 2.24) is 9.55 Å². The summed E-state index contributed by atoms with van der Waals surface area (Å²) in [6.07, 6.45) is 0.230. The molecule has 1 aromatic heterocycles. The van der Waals surface area contributed by atoms with Crippen molar-refractivity contribution < 1.29 is 19.0 Å². The molecule has 0 radical (unpaired) electrons. The van der Waals surface area contributed by atoms with E-state index in [1.165, 1.54) is 17.7 Å². The number of hydrogen-bond acceptors (Lipinski definition) is 6. The summed E-state index contributed by atoms with van der Waals surface area (Å²) in [5, 5.41) is 0. The molecule has 3 rings (SSSR count). The Morgan fingerprint density at radius 1 is 1.26 bits per heavy atom. The van der Waals surface area contributed by atoms with Gasteiger partial charge in [0.2, 0.25) is 0 Å². The fourth-order valence-electron chi connectivity index (χ4n) is 2.94. The number of rotatable bonds is 5. The van der Waals surface area contributed by atoms with E-state index in [0.29, 0.717) is 17.7 Å². The van der Waals surface area contributed by atoms with Gasteiger partial charge in [0, 0.05) is 25.1 Å². The topological polar surface area (TPSA) is 99.6 Å². The van der Waals surface area contributed by atoms with Crippen LogP contribution in [-0.2, 0) is 14.3 Å². The molecule has 27 heavy (non-hydrogen) atoms. The Bertz CT molecular complexity index is 930.